The summed E-state index contributed by atoms with van der Waals surface area (Å²) in [5.41, 5.74) is 8.26. The fourth-order valence-electron chi connectivity index (χ4n) is 2.52. The van der Waals surface area contributed by atoms with Gasteiger partial charge in [-0.2, -0.15) is 0 Å². The Labute approximate surface area is 109 Å². The first-order valence-corrected chi connectivity index (χ1v) is 6.54. The van der Waals surface area contributed by atoms with Crippen LogP contribution in [0.4, 0.5) is 11.4 Å². The molecular formula is C15H21N3. The summed E-state index contributed by atoms with van der Waals surface area (Å²) in [6.07, 6.45) is 5.90. The van der Waals surface area contributed by atoms with Crippen LogP contribution in [0.5, 0.6) is 0 Å². The van der Waals surface area contributed by atoms with Crippen molar-refractivity contribution in [2.75, 3.05) is 17.7 Å². The van der Waals surface area contributed by atoms with Crippen molar-refractivity contribution < 1.29 is 0 Å². The summed E-state index contributed by atoms with van der Waals surface area (Å²) in [7, 11) is 2.12. The van der Waals surface area contributed by atoms with Crippen LogP contribution in [0.15, 0.2) is 30.6 Å². The normalized spacial score (nSPS) is 11.1. The largest absolute Gasteiger partial charge is 0.397 e. The standard InChI is InChI=1S/C15H21N3/c1-4-12(5-2)18(3)14-7-6-11-10-17-9-8-13(11)15(14)16/h6-10,12H,4-5,16H2,1-3H3. The molecule has 2 aromatic rings. The zero-order valence-corrected chi connectivity index (χ0v) is 11.4. The van der Waals surface area contributed by atoms with Gasteiger partial charge >= 0.3 is 0 Å². The molecule has 0 radical (unpaired) electrons. The summed E-state index contributed by atoms with van der Waals surface area (Å²) in [6.45, 7) is 4.43. The average molecular weight is 243 g/mol. The Morgan fingerprint density at radius 1 is 1.22 bits per heavy atom. The molecule has 1 heterocycles. The van der Waals surface area contributed by atoms with Gasteiger partial charge in [0.2, 0.25) is 0 Å². The Bertz CT molecular complexity index is 532. The number of aromatic nitrogens is 1. The number of nitrogens with zero attached hydrogens (tertiary/aromatic N) is 2. The minimum Gasteiger partial charge on any atom is -0.397 e. The van der Waals surface area contributed by atoms with E-state index in [9.17, 15) is 0 Å². The minimum atomic E-state index is 0.534. The SMILES string of the molecule is CCC(CC)N(C)c1ccc2cnccc2c1N. The maximum Gasteiger partial charge on any atom is 0.0632 e. The smallest absolute Gasteiger partial charge is 0.0632 e. The summed E-state index contributed by atoms with van der Waals surface area (Å²) < 4.78 is 0. The van der Waals surface area contributed by atoms with Gasteiger partial charge in [0.05, 0.1) is 11.4 Å². The molecule has 0 unspecified atom stereocenters. The Kier molecular flexibility index (Phi) is 3.70. The van der Waals surface area contributed by atoms with Gasteiger partial charge in [-0.3, -0.25) is 4.98 Å². The molecule has 0 aliphatic rings. The zero-order valence-electron chi connectivity index (χ0n) is 11.4. The first kappa shape index (κ1) is 12.7. The second-order valence-corrected chi connectivity index (χ2v) is 4.68. The summed E-state index contributed by atoms with van der Waals surface area (Å²) in [4.78, 5) is 6.41. The molecule has 3 nitrogen and oxygen atoms in total. The summed E-state index contributed by atoms with van der Waals surface area (Å²) in [6, 6.07) is 6.70. The summed E-state index contributed by atoms with van der Waals surface area (Å²) in [5.74, 6) is 0. The first-order valence-electron chi connectivity index (χ1n) is 6.54. The van der Waals surface area contributed by atoms with Crippen molar-refractivity contribution in [2.24, 2.45) is 0 Å². The topological polar surface area (TPSA) is 42.2 Å². The molecule has 0 saturated carbocycles. The molecule has 3 heteroatoms. The molecule has 0 aliphatic heterocycles. The van der Waals surface area contributed by atoms with E-state index in [-0.39, 0.29) is 0 Å². The van der Waals surface area contributed by atoms with Crippen molar-refractivity contribution in [1.29, 1.82) is 0 Å². The lowest BCUT2D eigenvalue weighted by Gasteiger charge is -2.29. The lowest BCUT2D eigenvalue weighted by molar-refractivity contribution is 0.592. The number of rotatable bonds is 4. The van der Waals surface area contributed by atoms with Crippen LogP contribution >= 0.6 is 0 Å². The van der Waals surface area contributed by atoms with E-state index < -0.39 is 0 Å². The van der Waals surface area contributed by atoms with Crippen LogP contribution in [0.3, 0.4) is 0 Å². The highest BCUT2D eigenvalue weighted by Gasteiger charge is 2.14. The minimum absolute atomic E-state index is 0.534. The molecule has 2 rings (SSSR count). The molecule has 1 aromatic carbocycles. The highest BCUT2D eigenvalue weighted by atomic mass is 15.1. The third kappa shape index (κ3) is 2.13. The van der Waals surface area contributed by atoms with Gasteiger partial charge in [-0.15, -0.1) is 0 Å². The summed E-state index contributed by atoms with van der Waals surface area (Å²) in [5, 5.41) is 2.18. The number of benzene rings is 1. The van der Waals surface area contributed by atoms with Crippen LogP contribution in [0, 0.1) is 0 Å². The van der Waals surface area contributed by atoms with Crippen LogP contribution in [-0.2, 0) is 0 Å². The van der Waals surface area contributed by atoms with Crippen LogP contribution in [-0.4, -0.2) is 18.1 Å². The fraction of sp³-hybridized carbons (Fsp3) is 0.400. The van der Waals surface area contributed by atoms with E-state index in [2.05, 4.69) is 42.9 Å². The first-order chi connectivity index (χ1) is 8.69. The Balaban J connectivity index is 2.48. The second kappa shape index (κ2) is 5.25. The van der Waals surface area contributed by atoms with E-state index in [1.807, 2.05) is 12.3 Å². The zero-order chi connectivity index (χ0) is 13.1. The van der Waals surface area contributed by atoms with Crippen LogP contribution in [0.1, 0.15) is 26.7 Å². The molecule has 0 spiro atoms. The van der Waals surface area contributed by atoms with E-state index in [0.717, 1.165) is 35.0 Å². The summed E-state index contributed by atoms with van der Waals surface area (Å²) >= 11 is 0. The van der Waals surface area contributed by atoms with Gasteiger partial charge in [0, 0.05) is 36.3 Å². The van der Waals surface area contributed by atoms with Gasteiger partial charge in [-0.05, 0) is 25.0 Å². The Morgan fingerprint density at radius 3 is 2.61 bits per heavy atom. The quantitative estimate of drug-likeness (QED) is 0.836. The number of nitrogens with two attached hydrogens (primary N) is 1. The highest BCUT2D eigenvalue weighted by Crippen LogP contribution is 2.32. The van der Waals surface area contributed by atoms with E-state index in [1.165, 1.54) is 0 Å². The van der Waals surface area contributed by atoms with Gasteiger partial charge in [-0.25, -0.2) is 0 Å². The molecular weight excluding hydrogens is 222 g/mol. The van der Waals surface area contributed by atoms with Crippen molar-refractivity contribution >= 4 is 22.1 Å². The van der Waals surface area contributed by atoms with E-state index >= 15 is 0 Å². The number of fused-ring (bicyclic) bond motifs is 1. The molecule has 0 aliphatic carbocycles. The van der Waals surface area contributed by atoms with Gasteiger partial charge in [0.15, 0.2) is 0 Å². The predicted octanol–water partition coefficient (Wildman–Crippen LogP) is 3.44. The number of hydrogen-bond donors (Lipinski definition) is 1. The van der Waals surface area contributed by atoms with Gasteiger partial charge in [0.1, 0.15) is 0 Å². The monoisotopic (exact) mass is 243 g/mol. The van der Waals surface area contributed by atoms with Gasteiger partial charge < -0.3 is 10.6 Å². The Hall–Kier alpha value is -1.77. The molecule has 0 fully saturated rings. The third-order valence-corrected chi connectivity index (χ3v) is 3.71. The van der Waals surface area contributed by atoms with Crippen molar-refractivity contribution in [1.82, 2.24) is 4.98 Å². The lowest BCUT2D eigenvalue weighted by Crippen LogP contribution is -2.30. The highest BCUT2D eigenvalue weighted by molar-refractivity contribution is 5.98. The Morgan fingerprint density at radius 2 is 1.94 bits per heavy atom. The number of pyridine rings is 1. The van der Waals surface area contributed by atoms with Crippen molar-refractivity contribution in [3.63, 3.8) is 0 Å². The molecule has 0 saturated heterocycles. The number of hydrogen-bond acceptors (Lipinski definition) is 3. The predicted molar refractivity (Wildman–Crippen MR) is 78.9 cm³/mol. The third-order valence-electron chi connectivity index (χ3n) is 3.71. The maximum atomic E-state index is 6.30. The van der Waals surface area contributed by atoms with Crippen LogP contribution < -0.4 is 10.6 Å². The van der Waals surface area contributed by atoms with Crippen molar-refractivity contribution in [3.8, 4) is 0 Å². The average Bonchev–Trinajstić information content (AvgIpc) is 2.40. The second-order valence-electron chi connectivity index (χ2n) is 4.68. The van der Waals surface area contributed by atoms with Gasteiger partial charge in [0.25, 0.3) is 0 Å². The molecule has 0 bridgehead atoms. The molecule has 0 atom stereocenters. The molecule has 18 heavy (non-hydrogen) atoms. The number of nitrogen functional groups attached to an aromatic ring is 1. The molecule has 0 amide bonds. The molecule has 1 aromatic heterocycles. The van der Waals surface area contributed by atoms with Gasteiger partial charge in [-0.1, -0.05) is 19.9 Å². The van der Waals surface area contributed by atoms with E-state index in [0.29, 0.717) is 6.04 Å². The molecule has 2 N–H and O–H groups in total. The number of anilines is 2. The van der Waals surface area contributed by atoms with E-state index in [1.54, 1.807) is 6.20 Å². The van der Waals surface area contributed by atoms with Crippen LogP contribution in [0.2, 0.25) is 0 Å². The maximum absolute atomic E-state index is 6.30. The van der Waals surface area contributed by atoms with Crippen LogP contribution in [0.25, 0.3) is 10.8 Å². The molecule has 96 valence electrons. The fourth-order valence-corrected chi connectivity index (χ4v) is 2.52. The van der Waals surface area contributed by atoms with E-state index in [4.69, 9.17) is 5.73 Å². The van der Waals surface area contributed by atoms with Crippen molar-refractivity contribution in [2.45, 2.75) is 32.7 Å². The lowest BCUT2D eigenvalue weighted by atomic mass is 10.1. The van der Waals surface area contributed by atoms with Crippen molar-refractivity contribution in [3.05, 3.63) is 30.6 Å².